The summed E-state index contributed by atoms with van der Waals surface area (Å²) in [5.41, 5.74) is 0.246. The molecule has 180 valence electrons. The van der Waals surface area contributed by atoms with Crippen LogP contribution in [0.5, 0.6) is 0 Å². The quantitative estimate of drug-likeness (QED) is 0.583. The van der Waals surface area contributed by atoms with Crippen LogP contribution in [0.1, 0.15) is 41.3 Å². The Morgan fingerprint density at radius 1 is 1.20 bits per heavy atom. The second kappa shape index (κ2) is 10.0. The van der Waals surface area contributed by atoms with Gasteiger partial charge in [0.05, 0.1) is 28.8 Å². The summed E-state index contributed by atoms with van der Waals surface area (Å²) in [5, 5.41) is 12.4. The van der Waals surface area contributed by atoms with Crippen LogP contribution in [0.15, 0.2) is 49.1 Å². The molecule has 1 amide bonds. The number of carbonyl (C=O) groups excluding carboxylic acids is 1. The number of alkyl halides is 3. The molecule has 0 radical (unpaired) electrons. The van der Waals surface area contributed by atoms with Crippen LogP contribution in [0.2, 0.25) is 0 Å². The summed E-state index contributed by atoms with van der Waals surface area (Å²) in [6.07, 6.45) is 1.77. The number of rotatable bonds is 5. The number of likely N-dealkylation sites (tertiary alicyclic amines) is 1. The molecule has 4 rings (SSSR count). The van der Waals surface area contributed by atoms with Gasteiger partial charge in [-0.2, -0.15) is 18.4 Å². The van der Waals surface area contributed by atoms with Crippen LogP contribution in [0.4, 0.5) is 19.1 Å². The molecule has 2 aromatic heterocycles. The molecule has 1 aliphatic rings. The molecule has 1 aliphatic heterocycles. The van der Waals surface area contributed by atoms with E-state index in [2.05, 4.69) is 31.3 Å². The number of nitriles is 1. The van der Waals surface area contributed by atoms with Crippen molar-refractivity contribution in [3.63, 3.8) is 0 Å². The third-order valence-corrected chi connectivity index (χ3v) is 6.01. The van der Waals surface area contributed by atoms with Gasteiger partial charge in [-0.3, -0.25) is 4.79 Å². The van der Waals surface area contributed by atoms with Gasteiger partial charge in [0.15, 0.2) is 5.82 Å². The van der Waals surface area contributed by atoms with Crippen LogP contribution in [0, 0.1) is 17.2 Å². The molecule has 3 aromatic rings. The molecule has 0 aliphatic carbocycles. The number of hydrogen-bond donors (Lipinski definition) is 1. The highest BCUT2D eigenvalue weighted by Crippen LogP contribution is 2.30. The van der Waals surface area contributed by atoms with Gasteiger partial charge in [0.1, 0.15) is 0 Å². The van der Waals surface area contributed by atoms with Crippen LogP contribution in [-0.2, 0) is 6.18 Å². The highest BCUT2D eigenvalue weighted by Gasteiger charge is 2.34. The zero-order valence-corrected chi connectivity index (χ0v) is 18.8. The van der Waals surface area contributed by atoms with Crippen LogP contribution < -0.4 is 5.32 Å². The fourth-order valence-corrected chi connectivity index (χ4v) is 4.15. The molecule has 1 fully saturated rings. The number of hydrogen-bond acceptors (Lipinski definition) is 7. The zero-order chi connectivity index (χ0) is 25.0. The Bertz CT molecular complexity index is 1230. The maximum Gasteiger partial charge on any atom is 0.419 e. The molecular weight excluding hydrogens is 459 g/mol. The number of amides is 1. The lowest BCUT2D eigenvalue weighted by atomic mass is 9.89. The molecule has 0 saturated carbocycles. The molecule has 35 heavy (non-hydrogen) atoms. The summed E-state index contributed by atoms with van der Waals surface area (Å²) in [6, 6.07) is 8.29. The normalized spacial score (nSPS) is 18.1. The van der Waals surface area contributed by atoms with Gasteiger partial charge in [0, 0.05) is 43.4 Å². The van der Waals surface area contributed by atoms with Gasteiger partial charge in [-0.25, -0.2) is 19.9 Å². The lowest BCUT2D eigenvalue weighted by Crippen LogP contribution is -2.51. The number of aromatic nitrogens is 4. The first-order chi connectivity index (χ1) is 16.8. The van der Waals surface area contributed by atoms with E-state index >= 15 is 0 Å². The number of halogens is 3. The lowest BCUT2D eigenvalue weighted by molar-refractivity contribution is -0.138. The highest BCUT2D eigenvalue weighted by atomic mass is 19.4. The fourth-order valence-electron chi connectivity index (χ4n) is 4.15. The number of nitrogens with zero attached hydrogens (tertiary/aromatic N) is 6. The number of anilines is 1. The summed E-state index contributed by atoms with van der Waals surface area (Å²) in [4.78, 5) is 31.5. The van der Waals surface area contributed by atoms with Gasteiger partial charge >= 0.3 is 6.18 Å². The van der Waals surface area contributed by atoms with Crippen molar-refractivity contribution in [2.24, 2.45) is 5.92 Å². The van der Waals surface area contributed by atoms with E-state index in [1.165, 1.54) is 6.07 Å². The Kier molecular flexibility index (Phi) is 6.91. The molecule has 0 bridgehead atoms. The third kappa shape index (κ3) is 5.37. The van der Waals surface area contributed by atoms with E-state index < -0.39 is 11.7 Å². The van der Waals surface area contributed by atoms with Crippen LogP contribution >= 0.6 is 0 Å². The summed E-state index contributed by atoms with van der Waals surface area (Å²) in [5.74, 6) is 0.271. The molecule has 1 aromatic carbocycles. The van der Waals surface area contributed by atoms with E-state index in [1.54, 1.807) is 35.5 Å². The average molecular weight is 481 g/mol. The largest absolute Gasteiger partial charge is 0.419 e. The lowest BCUT2D eigenvalue weighted by Gasteiger charge is -2.40. The Morgan fingerprint density at radius 2 is 1.91 bits per heavy atom. The number of carbonyl (C=O) groups is 1. The first kappa shape index (κ1) is 24.1. The van der Waals surface area contributed by atoms with Gasteiger partial charge in [-0.15, -0.1) is 0 Å². The minimum atomic E-state index is -4.52. The molecule has 11 heteroatoms. The Balaban J connectivity index is 1.59. The minimum Gasteiger partial charge on any atom is -0.352 e. The van der Waals surface area contributed by atoms with Crippen LogP contribution in [-0.4, -0.2) is 49.9 Å². The summed E-state index contributed by atoms with van der Waals surface area (Å²) in [7, 11) is 0. The predicted molar refractivity (Wildman–Crippen MR) is 121 cm³/mol. The maximum atomic E-state index is 13.8. The van der Waals surface area contributed by atoms with Crippen molar-refractivity contribution >= 4 is 11.9 Å². The molecule has 3 heterocycles. The zero-order valence-electron chi connectivity index (χ0n) is 18.8. The Hall–Kier alpha value is -4.07. The predicted octanol–water partition coefficient (Wildman–Crippen LogP) is 4.18. The van der Waals surface area contributed by atoms with E-state index in [-0.39, 0.29) is 30.4 Å². The molecule has 2 atom stereocenters. The van der Waals surface area contributed by atoms with Crippen LogP contribution in [0.3, 0.4) is 0 Å². The average Bonchev–Trinajstić information content (AvgIpc) is 2.87. The van der Waals surface area contributed by atoms with Crippen molar-refractivity contribution in [1.82, 2.24) is 24.8 Å². The SMILES string of the molecule is CC1CCCN(C(=O)c2cc(C#N)ccc2-c2ncccn2)C1CNc1ncc(C(F)(F)F)cn1. The van der Waals surface area contributed by atoms with Gasteiger partial charge < -0.3 is 10.2 Å². The van der Waals surface area contributed by atoms with Crippen molar-refractivity contribution in [2.75, 3.05) is 18.4 Å². The first-order valence-corrected chi connectivity index (χ1v) is 11.0. The highest BCUT2D eigenvalue weighted by molar-refractivity contribution is 6.00. The van der Waals surface area contributed by atoms with Crippen molar-refractivity contribution in [1.29, 1.82) is 5.26 Å². The molecule has 1 N–H and O–H groups in total. The minimum absolute atomic E-state index is 0.0491. The maximum absolute atomic E-state index is 13.8. The molecule has 1 saturated heterocycles. The summed E-state index contributed by atoms with van der Waals surface area (Å²) >= 11 is 0. The first-order valence-electron chi connectivity index (χ1n) is 11.0. The standard InChI is InChI=1S/C24H22F3N7O/c1-15-4-2-9-34(20(15)14-33-23-31-12-17(13-32-23)24(25,26)27)22(35)19-10-16(11-28)5-6-18(19)21-29-7-3-8-30-21/h3,5-8,10,12-13,15,20H,2,4,9,14H2,1H3,(H,31,32,33). The van der Waals surface area contributed by atoms with E-state index in [9.17, 15) is 23.2 Å². The number of nitrogens with one attached hydrogen (secondary N) is 1. The molecule has 2 unspecified atom stereocenters. The number of benzene rings is 1. The van der Waals surface area contributed by atoms with Gasteiger partial charge in [-0.05, 0) is 43.0 Å². The monoisotopic (exact) mass is 481 g/mol. The van der Waals surface area contributed by atoms with Crippen molar-refractivity contribution in [2.45, 2.75) is 32.0 Å². The second-order valence-corrected chi connectivity index (χ2v) is 8.30. The van der Waals surface area contributed by atoms with Crippen LogP contribution in [0.25, 0.3) is 11.4 Å². The van der Waals surface area contributed by atoms with E-state index in [0.29, 0.717) is 29.1 Å². The Labute approximate surface area is 199 Å². The number of piperidine rings is 1. The summed E-state index contributed by atoms with van der Waals surface area (Å²) < 4.78 is 38.4. The van der Waals surface area contributed by atoms with Crippen molar-refractivity contribution < 1.29 is 18.0 Å². The van der Waals surface area contributed by atoms with Crippen molar-refractivity contribution in [3.05, 3.63) is 65.7 Å². The topological polar surface area (TPSA) is 108 Å². The van der Waals surface area contributed by atoms with E-state index in [4.69, 9.17) is 0 Å². The summed E-state index contributed by atoms with van der Waals surface area (Å²) in [6.45, 7) is 2.77. The second-order valence-electron chi connectivity index (χ2n) is 8.30. The molecular formula is C24H22F3N7O. The third-order valence-electron chi connectivity index (χ3n) is 6.01. The fraction of sp³-hybridized carbons (Fsp3) is 0.333. The van der Waals surface area contributed by atoms with E-state index in [0.717, 1.165) is 25.2 Å². The van der Waals surface area contributed by atoms with Gasteiger partial charge in [0.2, 0.25) is 5.95 Å². The van der Waals surface area contributed by atoms with E-state index in [1.807, 2.05) is 6.92 Å². The van der Waals surface area contributed by atoms with Gasteiger partial charge in [-0.1, -0.05) is 6.92 Å². The Morgan fingerprint density at radius 3 is 2.57 bits per heavy atom. The molecule has 0 spiro atoms. The van der Waals surface area contributed by atoms with Gasteiger partial charge in [0.25, 0.3) is 5.91 Å². The molecule has 8 nitrogen and oxygen atoms in total. The van der Waals surface area contributed by atoms with Crippen molar-refractivity contribution in [3.8, 4) is 17.5 Å². The smallest absolute Gasteiger partial charge is 0.352 e.